The molecule has 1 aliphatic heterocycles. The summed E-state index contributed by atoms with van der Waals surface area (Å²) >= 11 is 0. The van der Waals surface area contributed by atoms with Gasteiger partial charge in [-0.25, -0.2) is 0 Å². The van der Waals surface area contributed by atoms with Gasteiger partial charge in [-0.15, -0.1) is 0 Å². The molecule has 6 nitrogen and oxygen atoms in total. The molecule has 2 amide bonds. The van der Waals surface area contributed by atoms with Gasteiger partial charge in [-0.05, 0) is 30.2 Å². The van der Waals surface area contributed by atoms with E-state index in [-0.39, 0.29) is 18.4 Å². The minimum absolute atomic E-state index is 0.0237. The summed E-state index contributed by atoms with van der Waals surface area (Å²) in [6.45, 7) is 4.59. The molecule has 0 bridgehead atoms. The highest BCUT2D eigenvalue weighted by Gasteiger charge is 2.24. The Morgan fingerprint density at radius 3 is 2.14 bits per heavy atom. The van der Waals surface area contributed by atoms with Crippen molar-refractivity contribution in [2.75, 3.05) is 39.4 Å². The third-order valence-corrected chi connectivity index (χ3v) is 5.02. The first-order chi connectivity index (χ1) is 14.2. The van der Waals surface area contributed by atoms with E-state index in [2.05, 4.69) is 6.92 Å². The number of amides is 2. The van der Waals surface area contributed by atoms with Crippen LogP contribution in [0.5, 0.6) is 11.5 Å². The van der Waals surface area contributed by atoms with Gasteiger partial charge in [-0.1, -0.05) is 43.3 Å². The Morgan fingerprint density at radius 2 is 1.45 bits per heavy atom. The van der Waals surface area contributed by atoms with E-state index in [1.165, 1.54) is 0 Å². The average Bonchev–Trinajstić information content (AvgIpc) is 2.78. The fourth-order valence-electron chi connectivity index (χ4n) is 3.30. The molecule has 0 atom stereocenters. The van der Waals surface area contributed by atoms with E-state index in [9.17, 15) is 9.59 Å². The second-order valence-corrected chi connectivity index (χ2v) is 6.92. The van der Waals surface area contributed by atoms with Crippen molar-refractivity contribution in [2.45, 2.75) is 19.8 Å². The Labute approximate surface area is 172 Å². The molecule has 0 saturated carbocycles. The molecule has 3 rings (SSSR count). The zero-order chi connectivity index (χ0) is 20.5. The molecule has 154 valence electrons. The molecule has 2 aromatic carbocycles. The molecule has 0 N–H and O–H groups in total. The number of nitrogens with zero attached hydrogens (tertiary/aromatic N) is 2. The monoisotopic (exact) mass is 396 g/mol. The molecular formula is C23H28N2O4. The normalized spacial score (nSPS) is 13.8. The number of benzene rings is 2. The second kappa shape index (κ2) is 10.5. The zero-order valence-corrected chi connectivity index (χ0v) is 16.9. The molecule has 2 aromatic rings. The maximum Gasteiger partial charge on any atom is 0.260 e. The molecule has 0 spiro atoms. The highest BCUT2D eigenvalue weighted by atomic mass is 16.5. The minimum Gasteiger partial charge on any atom is -0.493 e. The van der Waals surface area contributed by atoms with E-state index >= 15 is 0 Å². The van der Waals surface area contributed by atoms with E-state index in [1.54, 1.807) is 9.80 Å². The maximum absolute atomic E-state index is 12.5. The van der Waals surface area contributed by atoms with Crippen molar-refractivity contribution in [1.29, 1.82) is 0 Å². The van der Waals surface area contributed by atoms with Crippen LogP contribution in [-0.2, 0) is 16.0 Å². The first-order valence-electron chi connectivity index (χ1n) is 10.1. The van der Waals surface area contributed by atoms with E-state index < -0.39 is 0 Å². The number of hydrogen-bond acceptors (Lipinski definition) is 4. The fourth-order valence-corrected chi connectivity index (χ4v) is 3.30. The van der Waals surface area contributed by atoms with Gasteiger partial charge in [0.15, 0.2) is 6.61 Å². The zero-order valence-electron chi connectivity index (χ0n) is 16.9. The smallest absolute Gasteiger partial charge is 0.260 e. The number of aryl methyl sites for hydroxylation is 1. The summed E-state index contributed by atoms with van der Waals surface area (Å²) in [6, 6.07) is 17.2. The highest BCUT2D eigenvalue weighted by molar-refractivity contribution is 5.79. The molecule has 1 aliphatic rings. The number of piperazine rings is 1. The summed E-state index contributed by atoms with van der Waals surface area (Å²) < 4.78 is 11.3. The first kappa shape index (κ1) is 20.7. The van der Waals surface area contributed by atoms with Crippen LogP contribution in [0.4, 0.5) is 0 Å². The molecule has 1 fully saturated rings. The van der Waals surface area contributed by atoms with E-state index in [0.717, 1.165) is 23.5 Å². The molecule has 0 radical (unpaired) electrons. The SMILES string of the molecule is CCc1ccccc1OCC(=O)N1CCN(C(=O)CCOc2ccccc2)CC1. The molecule has 1 saturated heterocycles. The number of carbonyl (C=O) groups excluding carboxylic acids is 2. The molecule has 29 heavy (non-hydrogen) atoms. The van der Waals surface area contributed by atoms with Crippen molar-refractivity contribution in [3.8, 4) is 11.5 Å². The number of carbonyl (C=O) groups is 2. The Morgan fingerprint density at radius 1 is 0.828 bits per heavy atom. The van der Waals surface area contributed by atoms with Crippen LogP contribution < -0.4 is 9.47 Å². The lowest BCUT2D eigenvalue weighted by Crippen LogP contribution is -2.51. The largest absolute Gasteiger partial charge is 0.493 e. The van der Waals surface area contributed by atoms with Gasteiger partial charge in [-0.3, -0.25) is 9.59 Å². The second-order valence-electron chi connectivity index (χ2n) is 6.92. The third kappa shape index (κ3) is 5.98. The van der Waals surface area contributed by atoms with E-state index in [1.807, 2.05) is 54.6 Å². The van der Waals surface area contributed by atoms with Crippen LogP contribution >= 0.6 is 0 Å². The van der Waals surface area contributed by atoms with Crippen LogP contribution in [0.3, 0.4) is 0 Å². The molecule has 0 unspecified atom stereocenters. The number of rotatable bonds is 8. The van der Waals surface area contributed by atoms with Crippen molar-refractivity contribution in [1.82, 2.24) is 9.80 Å². The minimum atomic E-state index is -0.0459. The highest BCUT2D eigenvalue weighted by Crippen LogP contribution is 2.18. The van der Waals surface area contributed by atoms with Crippen LogP contribution in [0.1, 0.15) is 18.9 Å². The predicted octanol–water partition coefficient (Wildman–Crippen LogP) is 2.77. The first-order valence-corrected chi connectivity index (χ1v) is 10.1. The molecule has 1 heterocycles. The summed E-state index contributed by atoms with van der Waals surface area (Å²) in [5, 5.41) is 0. The Bertz CT molecular complexity index is 802. The van der Waals surface area contributed by atoms with Crippen LogP contribution in [0.25, 0.3) is 0 Å². The van der Waals surface area contributed by atoms with E-state index in [4.69, 9.17) is 9.47 Å². The number of hydrogen-bond donors (Lipinski definition) is 0. The number of para-hydroxylation sites is 2. The van der Waals surface area contributed by atoms with E-state index in [0.29, 0.717) is 39.2 Å². The lowest BCUT2D eigenvalue weighted by Gasteiger charge is -2.34. The summed E-state index contributed by atoms with van der Waals surface area (Å²) in [6.07, 6.45) is 1.19. The van der Waals surface area contributed by atoms with Crippen LogP contribution in [0.2, 0.25) is 0 Å². The van der Waals surface area contributed by atoms with Crippen molar-refractivity contribution in [2.24, 2.45) is 0 Å². The fraction of sp³-hybridized carbons (Fsp3) is 0.391. The van der Waals surface area contributed by atoms with Crippen molar-refractivity contribution in [3.05, 3.63) is 60.2 Å². The van der Waals surface area contributed by atoms with Crippen molar-refractivity contribution < 1.29 is 19.1 Å². The third-order valence-electron chi connectivity index (χ3n) is 5.02. The summed E-state index contributed by atoms with van der Waals surface area (Å²) in [4.78, 5) is 28.4. The molecule has 0 aliphatic carbocycles. The van der Waals surface area contributed by atoms with Crippen LogP contribution in [-0.4, -0.2) is 61.0 Å². The summed E-state index contributed by atoms with van der Waals surface area (Å²) in [5.41, 5.74) is 1.09. The van der Waals surface area contributed by atoms with Gasteiger partial charge >= 0.3 is 0 Å². The van der Waals surface area contributed by atoms with Crippen LogP contribution in [0.15, 0.2) is 54.6 Å². The predicted molar refractivity (Wildman–Crippen MR) is 111 cm³/mol. The van der Waals surface area contributed by atoms with Gasteiger partial charge in [0, 0.05) is 26.2 Å². The lowest BCUT2D eigenvalue weighted by atomic mass is 10.1. The molecule has 6 heteroatoms. The molecular weight excluding hydrogens is 368 g/mol. The quantitative estimate of drug-likeness (QED) is 0.689. The topological polar surface area (TPSA) is 59.1 Å². The van der Waals surface area contributed by atoms with Crippen molar-refractivity contribution >= 4 is 11.8 Å². The lowest BCUT2D eigenvalue weighted by molar-refractivity contribution is -0.141. The van der Waals surface area contributed by atoms with Gasteiger partial charge in [0.05, 0.1) is 13.0 Å². The van der Waals surface area contributed by atoms with Gasteiger partial charge in [0.2, 0.25) is 5.91 Å². The van der Waals surface area contributed by atoms with Gasteiger partial charge < -0.3 is 19.3 Å². The van der Waals surface area contributed by atoms with Crippen LogP contribution in [0, 0.1) is 0 Å². The standard InChI is InChI=1S/C23H28N2O4/c1-2-19-8-6-7-11-21(19)29-18-23(27)25-15-13-24(14-16-25)22(26)12-17-28-20-9-4-3-5-10-20/h3-11H,2,12-18H2,1H3. The van der Waals surface area contributed by atoms with Gasteiger partial charge in [0.25, 0.3) is 5.91 Å². The summed E-state index contributed by atoms with van der Waals surface area (Å²) in [7, 11) is 0. The van der Waals surface area contributed by atoms with Gasteiger partial charge in [0.1, 0.15) is 11.5 Å². The Kier molecular flexibility index (Phi) is 7.50. The Hall–Kier alpha value is -3.02. The summed E-state index contributed by atoms with van der Waals surface area (Å²) in [5.74, 6) is 1.53. The molecule has 0 aromatic heterocycles. The average molecular weight is 396 g/mol. The Balaban J connectivity index is 1.38. The van der Waals surface area contributed by atoms with Crippen molar-refractivity contribution in [3.63, 3.8) is 0 Å². The number of ether oxygens (including phenoxy) is 2. The maximum atomic E-state index is 12.5. The van der Waals surface area contributed by atoms with Gasteiger partial charge in [-0.2, -0.15) is 0 Å².